The van der Waals surface area contributed by atoms with Crippen molar-refractivity contribution in [2.45, 2.75) is 36.6 Å². The third kappa shape index (κ3) is 5.64. The van der Waals surface area contributed by atoms with Crippen LogP contribution in [-0.4, -0.2) is 37.6 Å². The SMILES string of the molecule is O=S(=O)(C/C=C/[C@@H](CI)OC1CCCCO1)c1ccccc1. The monoisotopic (exact) mass is 436 g/mol. The quantitative estimate of drug-likeness (QED) is 0.374. The van der Waals surface area contributed by atoms with Gasteiger partial charge < -0.3 is 9.47 Å². The van der Waals surface area contributed by atoms with Crippen molar-refractivity contribution in [3.05, 3.63) is 42.5 Å². The van der Waals surface area contributed by atoms with Crippen LogP contribution in [0.5, 0.6) is 0 Å². The van der Waals surface area contributed by atoms with E-state index in [0.29, 0.717) is 4.90 Å². The van der Waals surface area contributed by atoms with E-state index in [1.54, 1.807) is 36.4 Å². The first-order valence-electron chi connectivity index (χ1n) is 7.39. The average Bonchev–Trinajstić information content (AvgIpc) is 2.55. The average molecular weight is 436 g/mol. The standard InChI is InChI=1S/C16H21IO4S/c17-13-14(21-16-10-4-5-11-20-16)7-6-12-22(18,19)15-8-2-1-3-9-15/h1-3,6-9,14,16H,4-5,10-13H2/b7-6+/t14-,16?/m0/s1. The molecule has 0 amide bonds. The molecule has 1 fully saturated rings. The van der Waals surface area contributed by atoms with E-state index in [9.17, 15) is 8.42 Å². The Labute approximate surface area is 145 Å². The van der Waals surface area contributed by atoms with E-state index < -0.39 is 9.84 Å². The zero-order chi connectivity index (χ0) is 15.8. The van der Waals surface area contributed by atoms with E-state index in [2.05, 4.69) is 22.6 Å². The second-order valence-corrected chi connectivity index (χ2v) is 8.06. The van der Waals surface area contributed by atoms with Crippen LogP contribution in [-0.2, 0) is 19.3 Å². The van der Waals surface area contributed by atoms with Crippen LogP contribution >= 0.6 is 22.6 Å². The normalized spacial score (nSPS) is 21.0. The summed E-state index contributed by atoms with van der Waals surface area (Å²) in [4.78, 5) is 0.349. The summed E-state index contributed by atoms with van der Waals surface area (Å²) in [5, 5.41) is 0. The van der Waals surface area contributed by atoms with Crippen LogP contribution in [0.2, 0.25) is 0 Å². The highest BCUT2D eigenvalue weighted by Crippen LogP contribution is 2.17. The van der Waals surface area contributed by atoms with Crippen LogP contribution in [0, 0.1) is 0 Å². The molecule has 0 radical (unpaired) electrons. The number of halogens is 1. The zero-order valence-corrected chi connectivity index (χ0v) is 15.3. The molecule has 122 valence electrons. The highest BCUT2D eigenvalue weighted by Gasteiger charge is 2.18. The van der Waals surface area contributed by atoms with Gasteiger partial charge in [-0.25, -0.2) is 8.42 Å². The predicted octanol–water partition coefficient (Wildman–Crippen LogP) is 3.36. The third-order valence-electron chi connectivity index (χ3n) is 3.39. The van der Waals surface area contributed by atoms with Crippen molar-refractivity contribution in [3.8, 4) is 0 Å². The van der Waals surface area contributed by atoms with Gasteiger partial charge in [-0.05, 0) is 31.4 Å². The molecular weight excluding hydrogens is 415 g/mol. The van der Waals surface area contributed by atoms with Gasteiger partial charge in [0, 0.05) is 11.0 Å². The Kier molecular flexibility index (Phi) is 7.33. The van der Waals surface area contributed by atoms with E-state index in [1.807, 2.05) is 6.08 Å². The van der Waals surface area contributed by atoms with Gasteiger partial charge in [0.25, 0.3) is 0 Å². The van der Waals surface area contributed by atoms with Crippen LogP contribution in [0.1, 0.15) is 19.3 Å². The molecule has 1 heterocycles. The molecule has 4 nitrogen and oxygen atoms in total. The number of benzene rings is 1. The Hall–Kier alpha value is -0.440. The predicted molar refractivity (Wildman–Crippen MR) is 95.0 cm³/mol. The van der Waals surface area contributed by atoms with Crippen molar-refractivity contribution in [1.29, 1.82) is 0 Å². The summed E-state index contributed by atoms with van der Waals surface area (Å²) < 4.78 is 36.5. The fraction of sp³-hybridized carbons (Fsp3) is 0.500. The summed E-state index contributed by atoms with van der Waals surface area (Å²) in [7, 11) is -3.27. The molecule has 0 saturated carbocycles. The molecule has 1 aliphatic heterocycles. The minimum Gasteiger partial charge on any atom is -0.353 e. The van der Waals surface area contributed by atoms with Crippen molar-refractivity contribution >= 4 is 32.4 Å². The largest absolute Gasteiger partial charge is 0.353 e. The molecule has 22 heavy (non-hydrogen) atoms. The van der Waals surface area contributed by atoms with Gasteiger partial charge in [0.05, 0.1) is 16.8 Å². The van der Waals surface area contributed by atoms with Gasteiger partial charge in [-0.1, -0.05) is 52.9 Å². The minimum absolute atomic E-state index is 0.0148. The molecule has 1 saturated heterocycles. The van der Waals surface area contributed by atoms with Crippen LogP contribution in [0.25, 0.3) is 0 Å². The lowest BCUT2D eigenvalue weighted by atomic mass is 10.2. The second kappa shape index (κ2) is 9.00. The molecule has 0 aliphatic carbocycles. The van der Waals surface area contributed by atoms with E-state index in [0.717, 1.165) is 30.3 Å². The maximum absolute atomic E-state index is 12.2. The van der Waals surface area contributed by atoms with E-state index in [-0.39, 0.29) is 18.1 Å². The van der Waals surface area contributed by atoms with Crippen molar-refractivity contribution in [2.75, 3.05) is 16.8 Å². The summed E-state index contributed by atoms with van der Waals surface area (Å²) in [5.41, 5.74) is 0. The number of ether oxygens (including phenoxy) is 2. The Bertz CT molecular complexity index is 565. The Morgan fingerprint density at radius 1 is 1.32 bits per heavy atom. The first-order valence-corrected chi connectivity index (χ1v) is 10.6. The molecule has 1 unspecified atom stereocenters. The van der Waals surface area contributed by atoms with Crippen LogP contribution in [0.15, 0.2) is 47.4 Å². The summed E-state index contributed by atoms with van der Waals surface area (Å²) >= 11 is 2.24. The van der Waals surface area contributed by atoms with Crippen LogP contribution < -0.4 is 0 Å². The summed E-state index contributed by atoms with van der Waals surface area (Å²) in [6, 6.07) is 8.50. The van der Waals surface area contributed by atoms with E-state index >= 15 is 0 Å². The number of hydrogen-bond donors (Lipinski definition) is 0. The number of rotatable bonds is 7. The lowest BCUT2D eigenvalue weighted by Crippen LogP contribution is -2.27. The topological polar surface area (TPSA) is 52.6 Å². The van der Waals surface area contributed by atoms with Crippen molar-refractivity contribution in [1.82, 2.24) is 0 Å². The lowest BCUT2D eigenvalue weighted by molar-refractivity contribution is -0.173. The molecule has 0 spiro atoms. The molecule has 1 aromatic rings. The van der Waals surface area contributed by atoms with Gasteiger partial charge in [0.15, 0.2) is 16.1 Å². The molecule has 2 rings (SSSR count). The lowest BCUT2D eigenvalue weighted by Gasteiger charge is -2.25. The van der Waals surface area contributed by atoms with E-state index in [1.165, 1.54) is 0 Å². The number of hydrogen-bond acceptors (Lipinski definition) is 4. The van der Waals surface area contributed by atoms with Gasteiger partial charge in [-0.3, -0.25) is 0 Å². The number of sulfone groups is 1. The maximum atomic E-state index is 12.2. The minimum atomic E-state index is -3.27. The molecule has 0 bridgehead atoms. The van der Waals surface area contributed by atoms with Gasteiger partial charge in [0.1, 0.15) is 0 Å². The smallest absolute Gasteiger partial charge is 0.181 e. The summed E-state index contributed by atoms with van der Waals surface area (Å²) in [6.07, 6.45) is 6.33. The van der Waals surface area contributed by atoms with Gasteiger partial charge in [0.2, 0.25) is 0 Å². The Morgan fingerprint density at radius 3 is 2.73 bits per heavy atom. The Balaban J connectivity index is 1.89. The van der Waals surface area contributed by atoms with Crippen molar-refractivity contribution in [3.63, 3.8) is 0 Å². The molecule has 2 atom stereocenters. The highest BCUT2D eigenvalue weighted by molar-refractivity contribution is 14.1. The fourth-order valence-corrected chi connectivity index (χ4v) is 3.83. The van der Waals surface area contributed by atoms with E-state index in [4.69, 9.17) is 9.47 Å². The molecule has 0 N–H and O–H groups in total. The van der Waals surface area contributed by atoms with Gasteiger partial charge >= 0.3 is 0 Å². The molecule has 1 aromatic carbocycles. The van der Waals surface area contributed by atoms with Gasteiger partial charge in [-0.15, -0.1) is 0 Å². The third-order valence-corrected chi connectivity index (χ3v) is 5.88. The number of alkyl halides is 1. The van der Waals surface area contributed by atoms with Crippen molar-refractivity contribution < 1.29 is 17.9 Å². The van der Waals surface area contributed by atoms with Crippen LogP contribution in [0.3, 0.4) is 0 Å². The molecule has 6 heteroatoms. The maximum Gasteiger partial charge on any atom is 0.181 e. The Morgan fingerprint density at radius 2 is 2.09 bits per heavy atom. The van der Waals surface area contributed by atoms with Crippen LogP contribution in [0.4, 0.5) is 0 Å². The zero-order valence-electron chi connectivity index (χ0n) is 12.4. The highest BCUT2D eigenvalue weighted by atomic mass is 127. The first-order chi connectivity index (χ1) is 10.6. The summed E-state index contributed by atoms with van der Waals surface area (Å²) in [5.74, 6) is -0.0148. The van der Waals surface area contributed by atoms with Crippen molar-refractivity contribution in [2.24, 2.45) is 0 Å². The molecular formula is C16H21IO4S. The molecule has 0 aromatic heterocycles. The molecule has 1 aliphatic rings. The second-order valence-electron chi connectivity index (χ2n) is 5.15. The summed E-state index contributed by atoms with van der Waals surface area (Å²) in [6.45, 7) is 0.741. The first kappa shape index (κ1) is 17.9. The fourth-order valence-electron chi connectivity index (χ4n) is 2.20. The van der Waals surface area contributed by atoms with Gasteiger partial charge in [-0.2, -0.15) is 0 Å².